The van der Waals surface area contributed by atoms with Crippen molar-refractivity contribution >= 4 is 0 Å². The van der Waals surface area contributed by atoms with Crippen LogP contribution >= 0.6 is 0 Å². The van der Waals surface area contributed by atoms with Crippen LogP contribution in [-0.4, -0.2) is 0 Å². The third kappa shape index (κ3) is 4.42. The van der Waals surface area contributed by atoms with Crippen LogP contribution in [0.5, 0.6) is 0 Å². The summed E-state index contributed by atoms with van der Waals surface area (Å²) in [4.78, 5) is 0. The Morgan fingerprint density at radius 1 is 1.60 bits per heavy atom. The molecule has 0 aliphatic carbocycles. The molecule has 0 N–H and O–H groups in total. The van der Waals surface area contributed by atoms with Crippen LogP contribution in [0.2, 0.25) is 0 Å². The molecule has 0 nitrogen and oxygen atoms in total. The average Bonchev–Trinajstić information content (AvgIpc) is 1.41. The van der Waals surface area contributed by atoms with Crippen LogP contribution in [0.15, 0.2) is 15.7 Å². The van der Waals surface area contributed by atoms with E-state index in [4.69, 9.17) is 6.58 Å². The number of hydrogen-bond donors (Lipinski definition) is 0. The maximum absolute atomic E-state index is 4.96. The number of rotatable bonds is 1. The average molecular weight is 253 g/mol. The first-order valence-corrected chi connectivity index (χ1v) is 4.58. The molecule has 0 aromatic rings. The SMILES string of the molecule is [CH-]=CC=[CH][Hg]. The summed E-state index contributed by atoms with van der Waals surface area (Å²) in [7, 11) is 0. The normalized spacial score (nSPS) is 9.20. The van der Waals surface area contributed by atoms with Crippen molar-refractivity contribution < 1.29 is 26.1 Å². The second-order valence-corrected chi connectivity index (χ2v) is 2.45. The van der Waals surface area contributed by atoms with Crippen molar-refractivity contribution in [2.24, 2.45) is 0 Å². The predicted octanol–water partition coefficient (Wildman–Crippen LogP) is 1.04. The van der Waals surface area contributed by atoms with Crippen molar-refractivity contribution in [3.8, 4) is 0 Å². The number of hydrogen-bond acceptors (Lipinski definition) is 0. The molecule has 23 valence electrons. The fourth-order valence-corrected chi connectivity index (χ4v) is 0.689. The topological polar surface area (TPSA) is 0 Å². The minimum absolute atomic E-state index is 0.782. The molecule has 0 bridgehead atoms. The van der Waals surface area contributed by atoms with Gasteiger partial charge in [0.05, 0.1) is 0 Å². The zero-order chi connectivity index (χ0) is 4.12. The Labute approximate surface area is 48.5 Å². The van der Waals surface area contributed by atoms with Gasteiger partial charge in [0.1, 0.15) is 0 Å². The summed E-state index contributed by atoms with van der Waals surface area (Å²) in [6.07, 6.45) is 3.41. The van der Waals surface area contributed by atoms with Crippen LogP contribution < -0.4 is 0 Å². The second kappa shape index (κ2) is 4.42. The minimum atomic E-state index is 0.782. The van der Waals surface area contributed by atoms with Gasteiger partial charge in [-0.1, -0.05) is 0 Å². The first kappa shape index (κ1) is 5.42. The third-order valence-corrected chi connectivity index (χ3v) is 1.31. The van der Waals surface area contributed by atoms with Crippen LogP contribution in [0.25, 0.3) is 0 Å². The van der Waals surface area contributed by atoms with Crippen LogP contribution in [0.3, 0.4) is 0 Å². The van der Waals surface area contributed by atoms with Gasteiger partial charge in [-0.3, -0.25) is 0 Å². The van der Waals surface area contributed by atoms with E-state index in [1.807, 2.05) is 6.08 Å². The Bertz CT molecular complexity index is 45.6. The van der Waals surface area contributed by atoms with Crippen molar-refractivity contribution in [2.75, 3.05) is 0 Å². The Hall–Kier alpha value is 0.415. The number of allylic oxidation sites excluding steroid dienone is 2. The van der Waals surface area contributed by atoms with E-state index >= 15 is 0 Å². The van der Waals surface area contributed by atoms with Gasteiger partial charge < -0.3 is 0 Å². The predicted molar refractivity (Wildman–Crippen MR) is 18.0 cm³/mol. The Morgan fingerprint density at radius 3 is 2.20 bits per heavy atom. The van der Waals surface area contributed by atoms with Crippen LogP contribution in [0.4, 0.5) is 0 Å². The first-order valence-electron chi connectivity index (χ1n) is 1.41. The van der Waals surface area contributed by atoms with Crippen molar-refractivity contribution in [1.29, 1.82) is 0 Å². The van der Waals surface area contributed by atoms with E-state index in [0.29, 0.717) is 0 Å². The Morgan fingerprint density at radius 2 is 2.20 bits per heavy atom. The van der Waals surface area contributed by atoms with Gasteiger partial charge in [0.25, 0.3) is 0 Å². The van der Waals surface area contributed by atoms with E-state index in [1.54, 1.807) is 6.08 Å². The van der Waals surface area contributed by atoms with Gasteiger partial charge in [-0.25, -0.2) is 0 Å². The van der Waals surface area contributed by atoms with E-state index in [0.717, 1.165) is 26.1 Å². The van der Waals surface area contributed by atoms with Crippen molar-refractivity contribution in [3.63, 3.8) is 0 Å². The molecule has 0 atom stereocenters. The molecule has 0 saturated carbocycles. The molecule has 0 heterocycles. The van der Waals surface area contributed by atoms with Gasteiger partial charge in [0.2, 0.25) is 0 Å². The quantitative estimate of drug-likeness (QED) is 0.372. The summed E-state index contributed by atoms with van der Waals surface area (Å²) in [6, 6.07) is 0. The molecule has 0 unspecified atom stereocenters. The van der Waals surface area contributed by atoms with E-state index in [9.17, 15) is 0 Å². The summed E-state index contributed by atoms with van der Waals surface area (Å²) in [5.74, 6) is 0. The molecule has 0 spiro atoms. The fraction of sp³-hybridized carbons (Fsp3) is 0. The van der Waals surface area contributed by atoms with Crippen molar-refractivity contribution in [3.05, 3.63) is 22.3 Å². The molecular formula is C4H4Hg-. The van der Waals surface area contributed by atoms with Crippen LogP contribution in [0.1, 0.15) is 0 Å². The van der Waals surface area contributed by atoms with Gasteiger partial charge in [-0.15, -0.1) is 0 Å². The molecule has 0 aromatic heterocycles. The summed E-state index contributed by atoms with van der Waals surface area (Å²) in [6.45, 7) is 4.96. The van der Waals surface area contributed by atoms with Gasteiger partial charge >= 0.3 is 48.4 Å². The van der Waals surface area contributed by atoms with Crippen molar-refractivity contribution in [1.82, 2.24) is 0 Å². The molecule has 0 saturated heterocycles. The van der Waals surface area contributed by atoms with E-state index in [2.05, 4.69) is 3.58 Å². The molecule has 5 heavy (non-hydrogen) atoms. The third-order valence-electron chi connectivity index (χ3n) is 0.247. The Balaban J connectivity index is 2.92. The standard InChI is InChI=1S/C4H4.Hg/c1-3-4-2;/h1-4H;/q-1;. The van der Waals surface area contributed by atoms with Crippen molar-refractivity contribution in [2.45, 2.75) is 0 Å². The fourth-order valence-electron chi connectivity index (χ4n) is 0.0786. The molecule has 0 fully saturated rings. The van der Waals surface area contributed by atoms with Gasteiger partial charge in [-0.05, 0) is 0 Å². The zero-order valence-corrected chi connectivity index (χ0v) is 8.51. The Kier molecular flexibility index (Phi) is 4.78. The molecule has 0 radical (unpaired) electrons. The summed E-state index contributed by atoms with van der Waals surface area (Å²) >= 11 is 0.782. The molecule has 0 aromatic carbocycles. The van der Waals surface area contributed by atoms with E-state index in [-0.39, 0.29) is 0 Å². The first-order chi connectivity index (χ1) is 2.41. The molecule has 0 amide bonds. The zero-order valence-electron chi connectivity index (χ0n) is 3.02. The van der Waals surface area contributed by atoms with Gasteiger partial charge in [0, 0.05) is 0 Å². The molecule has 0 rings (SSSR count). The summed E-state index contributed by atoms with van der Waals surface area (Å²) < 4.78 is 2.07. The summed E-state index contributed by atoms with van der Waals surface area (Å²) in [5, 5.41) is 0. The molecular weight excluding hydrogens is 249 g/mol. The van der Waals surface area contributed by atoms with Gasteiger partial charge in [0.15, 0.2) is 0 Å². The monoisotopic (exact) mass is 254 g/mol. The van der Waals surface area contributed by atoms with E-state index in [1.165, 1.54) is 0 Å². The maximum atomic E-state index is 4.96. The van der Waals surface area contributed by atoms with E-state index < -0.39 is 0 Å². The molecule has 0 aliphatic rings. The molecule has 1 heteroatoms. The van der Waals surface area contributed by atoms with Crippen LogP contribution in [0, 0.1) is 6.58 Å². The second-order valence-electron chi connectivity index (χ2n) is 0.621. The van der Waals surface area contributed by atoms with Gasteiger partial charge in [-0.2, -0.15) is 0 Å². The van der Waals surface area contributed by atoms with Crippen LogP contribution in [-0.2, 0) is 26.1 Å². The summed E-state index contributed by atoms with van der Waals surface area (Å²) in [5.41, 5.74) is 0. The molecule has 0 aliphatic heterocycles.